The molecule has 2 heterocycles. The molecule has 0 spiro atoms. The van der Waals surface area contributed by atoms with Crippen molar-refractivity contribution < 1.29 is 4.74 Å². The summed E-state index contributed by atoms with van der Waals surface area (Å²) >= 11 is 0. The van der Waals surface area contributed by atoms with Gasteiger partial charge in [-0.05, 0) is 32.2 Å². The maximum atomic E-state index is 12.1. The van der Waals surface area contributed by atoms with Gasteiger partial charge in [0.05, 0.1) is 18.0 Å². The summed E-state index contributed by atoms with van der Waals surface area (Å²) in [6, 6.07) is 1.70. The molecule has 0 bridgehead atoms. The Labute approximate surface area is 125 Å². The van der Waals surface area contributed by atoms with Crippen molar-refractivity contribution in [2.24, 2.45) is 5.73 Å². The van der Waals surface area contributed by atoms with Gasteiger partial charge in [-0.3, -0.25) is 4.79 Å². The molecule has 0 aliphatic carbocycles. The van der Waals surface area contributed by atoms with Crippen LogP contribution in [0.25, 0.3) is 0 Å². The van der Waals surface area contributed by atoms with Crippen LogP contribution in [-0.4, -0.2) is 42.6 Å². The van der Waals surface area contributed by atoms with E-state index in [0.717, 1.165) is 50.9 Å². The average molecular weight is 294 g/mol. The summed E-state index contributed by atoms with van der Waals surface area (Å²) < 4.78 is 6.91. The number of ether oxygens (including phenoxy) is 1. The number of methoxy groups -OCH3 is 1. The van der Waals surface area contributed by atoms with Crippen molar-refractivity contribution >= 4 is 5.69 Å². The fourth-order valence-electron chi connectivity index (χ4n) is 2.70. The highest BCUT2D eigenvalue weighted by Gasteiger charge is 2.19. The lowest BCUT2D eigenvalue weighted by atomic mass is 10.1. The monoisotopic (exact) mass is 294 g/mol. The van der Waals surface area contributed by atoms with Gasteiger partial charge >= 0.3 is 0 Å². The third kappa shape index (κ3) is 4.54. The molecule has 118 valence electrons. The predicted octanol–water partition coefficient (Wildman–Crippen LogP) is 0.988. The Balaban J connectivity index is 1.91. The molecule has 2 rings (SSSR count). The number of rotatable bonds is 7. The molecule has 1 aliphatic heterocycles. The zero-order chi connectivity index (χ0) is 15.1. The van der Waals surface area contributed by atoms with Gasteiger partial charge in [-0.1, -0.05) is 6.42 Å². The second kappa shape index (κ2) is 8.14. The van der Waals surface area contributed by atoms with Gasteiger partial charge in [0.1, 0.15) is 0 Å². The molecule has 21 heavy (non-hydrogen) atoms. The standard InChI is InChI=1S/C15H26N4O2/c1-21-14-5-9-18(10-6-14)13-11-15(20)19(17-12-13)8-4-2-3-7-16/h11-12,14H,2-10,16H2,1H3. The van der Waals surface area contributed by atoms with Crippen LogP contribution in [0.3, 0.4) is 0 Å². The van der Waals surface area contributed by atoms with Crippen LogP contribution in [0.4, 0.5) is 5.69 Å². The molecule has 1 fully saturated rings. The molecule has 0 aromatic carbocycles. The van der Waals surface area contributed by atoms with Crippen molar-refractivity contribution in [1.82, 2.24) is 9.78 Å². The van der Waals surface area contributed by atoms with E-state index in [9.17, 15) is 4.79 Å². The molecule has 6 nitrogen and oxygen atoms in total. The summed E-state index contributed by atoms with van der Waals surface area (Å²) in [7, 11) is 1.76. The Bertz CT molecular complexity index is 481. The summed E-state index contributed by atoms with van der Waals surface area (Å²) in [6.45, 7) is 3.21. The number of nitrogens with two attached hydrogens (primary N) is 1. The Hall–Kier alpha value is -1.40. The first-order chi connectivity index (χ1) is 10.2. The van der Waals surface area contributed by atoms with Gasteiger partial charge in [0.2, 0.25) is 0 Å². The summed E-state index contributed by atoms with van der Waals surface area (Å²) in [5.41, 5.74) is 6.37. The molecule has 1 aliphatic rings. The highest BCUT2D eigenvalue weighted by molar-refractivity contribution is 5.43. The minimum absolute atomic E-state index is 0.0193. The lowest BCUT2D eigenvalue weighted by molar-refractivity contribution is 0.0819. The second-order valence-corrected chi connectivity index (χ2v) is 5.55. The van der Waals surface area contributed by atoms with Crippen LogP contribution in [0, 0.1) is 0 Å². The fourth-order valence-corrected chi connectivity index (χ4v) is 2.70. The lowest BCUT2D eigenvalue weighted by Gasteiger charge is -2.32. The van der Waals surface area contributed by atoms with Crippen molar-refractivity contribution in [3.63, 3.8) is 0 Å². The molecular formula is C15H26N4O2. The Morgan fingerprint density at radius 2 is 2.10 bits per heavy atom. The predicted molar refractivity (Wildman–Crippen MR) is 83.6 cm³/mol. The third-order valence-electron chi connectivity index (χ3n) is 4.07. The number of anilines is 1. The smallest absolute Gasteiger partial charge is 0.268 e. The fraction of sp³-hybridized carbons (Fsp3) is 0.733. The molecule has 0 atom stereocenters. The quantitative estimate of drug-likeness (QED) is 0.759. The summed E-state index contributed by atoms with van der Waals surface area (Å²) in [4.78, 5) is 14.3. The second-order valence-electron chi connectivity index (χ2n) is 5.55. The molecule has 0 radical (unpaired) electrons. The average Bonchev–Trinajstić information content (AvgIpc) is 2.53. The van der Waals surface area contributed by atoms with E-state index in [1.165, 1.54) is 0 Å². The molecule has 6 heteroatoms. The highest BCUT2D eigenvalue weighted by atomic mass is 16.5. The lowest BCUT2D eigenvalue weighted by Crippen LogP contribution is -2.37. The van der Waals surface area contributed by atoms with Crippen molar-refractivity contribution in [3.05, 3.63) is 22.6 Å². The van der Waals surface area contributed by atoms with E-state index >= 15 is 0 Å². The van der Waals surface area contributed by atoms with E-state index in [1.807, 2.05) is 0 Å². The molecule has 0 amide bonds. The molecule has 0 unspecified atom stereocenters. The van der Waals surface area contributed by atoms with E-state index in [-0.39, 0.29) is 5.56 Å². The van der Waals surface area contributed by atoms with E-state index in [1.54, 1.807) is 24.1 Å². The molecule has 1 aromatic rings. The minimum atomic E-state index is -0.0193. The number of hydrogen-bond acceptors (Lipinski definition) is 5. The zero-order valence-corrected chi connectivity index (χ0v) is 12.8. The van der Waals surface area contributed by atoms with Crippen LogP contribution in [0.2, 0.25) is 0 Å². The summed E-state index contributed by atoms with van der Waals surface area (Å²) in [5.74, 6) is 0. The maximum Gasteiger partial charge on any atom is 0.268 e. The Morgan fingerprint density at radius 3 is 2.71 bits per heavy atom. The third-order valence-corrected chi connectivity index (χ3v) is 4.07. The number of unbranched alkanes of at least 4 members (excludes halogenated alkanes) is 2. The van der Waals surface area contributed by atoms with Crippen molar-refractivity contribution in [2.45, 2.75) is 44.8 Å². The topological polar surface area (TPSA) is 73.4 Å². The number of aryl methyl sites for hydroxylation is 1. The van der Waals surface area contributed by atoms with Gasteiger partial charge < -0.3 is 15.4 Å². The van der Waals surface area contributed by atoms with Gasteiger partial charge in [0.15, 0.2) is 0 Å². The van der Waals surface area contributed by atoms with Crippen LogP contribution in [0.1, 0.15) is 32.1 Å². The zero-order valence-electron chi connectivity index (χ0n) is 12.8. The van der Waals surface area contributed by atoms with Crippen LogP contribution in [0.5, 0.6) is 0 Å². The SMILES string of the molecule is COC1CCN(c2cnn(CCCCCN)c(=O)c2)CC1. The van der Waals surface area contributed by atoms with E-state index in [0.29, 0.717) is 19.2 Å². The van der Waals surface area contributed by atoms with Gasteiger partial charge in [0.25, 0.3) is 5.56 Å². The van der Waals surface area contributed by atoms with E-state index in [4.69, 9.17) is 10.5 Å². The van der Waals surface area contributed by atoms with E-state index in [2.05, 4.69) is 10.00 Å². The molecular weight excluding hydrogens is 268 g/mol. The molecule has 2 N–H and O–H groups in total. The van der Waals surface area contributed by atoms with Crippen LogP contribution < -0.4 is 16.2 Å². The first-order valence-electron chi connectivity index (χ1n) is 7.79. The van der Waals surface area contributed by atoms with Gasteiger partial charge in [-0.15, -0.1) is 0 Å². The Kier molecular flexibility index (Phi) is 6.20. The molecule has 0 saturated carbocycles. The first-order valence-corrected chi connectivity index (χ1v) is 7.79. The number of hydrogen-bond donors (Lipinski definition) is 1. The number of nitrogens with zero attached hydrogens (tertiary/aromatic N) is 3. The largest absolute Gasteiger partial charge is 0.381 e. The molecule has 1 saturated heterocycles. The van der Waals surface area contributed by atoms with E-state index < -0.39 is 0 Å². The van der Waals surface area contributed by atoms with Crippen LogP contribution in [0.15, 0.2) is 17.1 Å². The van der Waals surface area contributed by atoms with Crippen molar-refractivity contribution in [3.8, 4) is 0 Å². The Morgan fingerprint density at radius 1 is 1.33 bits per heavy atom. The summed E-state index contributed by atoms with van der Waals surface area (Å²) in [6.07, 6.45) is 7.13. The van der Waals surface area contributed by atoms with Crippen molar-refractivity contribution in [2.75, 3.05) is 31.6 Å². The van der Waals surface area contributed by atoms with Gasteiger partial charge in [-0.25, -0.2) is 4.68 Å². The maximum absolute atomic E-state index is 12.1. The van der Waals surface area contributed by atoms with Gasteiger partial charge in [0, 0.05) is 32.8 Å². The van der Waals surface area contributed by atoms with Crippen LogP contribution >= 0.6 is 0 Å². The number of piperidine rings is 1. The van der Waals surface area contributed by atoms with Gasteiger partial charge in [-0.2, -0.15) is 5.10 Å². The van der Waals surface area contributed by atoms with Crippen LogP contribution in [-0.2, 0) is 11.3 Å². The normalized spacial score (nSPS) is 16.4. The first kappa shape index (κ1) is 16.0. The van der Waals surface area contributed by atoms with Crippen molar-refractivity contribution in [1.29, 1.82) is 0 Å². The minimum Gasteiger partial charge on any atom is -0.381 e. The summed E-state index contributed by atoms with van der Waals surface area (Å²) in [5, 5.41) is 4.29. The highest BCUT2D eigenvalue weighted by Crippen LogP contribution is 2.18. The number of aromatic nitrogens is 2. The molecule has 1 aromatic heterocycles.